The maximum absolute atomic E-state index is 12.2. The highest BCUT2D eigenvalue weighted by atomic mass is 32.2. The van der Waals surface area contributed by atoms with Crippen LogP contribution in [0.5, 0.6) is 5.75 Å². The van der Waals surface area contributed by atoms with E-state index in [1.807, 2.05) is 24.3 Å². The summed E-state index contributed by atoms with van der Waals surface area (Å²) in [5, 5.41) is 12.1. The number of aliphatic imine (C=N–C) groups is 1. The number of carbonyl (C=O) groups is 2. The van der Waals surface area contributed by atoms with Crippen molar-refractivity contribution in [3.8, 4) is 5.75 Å². The third-order valence-electron chi connectivity index (χ3n) is 3.56. The van der Waals surface area contributed by atoms with Gasteiger partial charge >= 0.3 is 5.97 Å². The van der Waals surface area contributed by atoms with Gasteiger partial charge in [0.05, 0.1) is 16.2 Å². The number of para-hydroxylation sites is 1. The van der Waals surface area contributed by atoms with Crippen molar-refractivity contribution in [3.63, 3.8) is 0 Å². The number of aromatic carboxylic acids is 1. The van der Waals surface area contributed by atoms with Gasteiger partial charge in [0, 0.05) is 5.56 Å². The van der Waals surface area contributed by atoms with Crippen molar-refractivity contribution in [1.29, 1.82) is 0 Å². The predicted molar refractivity (Wildman–Crippen MR) is 106 cm³/mol. The molecule has 1 fully saturated rings. The van der Waals surface area contributed by atoms with Gasteiger partial charge in [0.15, 0.2) is 5.17 Å². The van der Waals surface area contributed by atoms with Crippen LogP contribution >= 0.6 is 11.8 Å². The van der Waals surface area contributed by atoms with Crippen LogP contribution in [0.25, 0.3) is 6.08 Å². The molecule has 0 saturated carbocycles. The van der Waals surface area contributed by atoms with Crippen molar-refractivity contribution < 1.29 is 19.4 Å². The summed E-state index contributed by atoms with van der Waals surface area (Å²) in [6, 6.07) is 13.5. The number of amides is 1. The van der Waals surface area contributed by atoms with E-state index >= 15 is 0 Å². The lowest BCUT2D eigenvalue weighted by atomic mass is 10.2. The molecule has 1 amide bonds. The van der Waals surface area contributed by atoms with Gasteiger partial charge in [-0.15, -0.1) is 0 Å². The number of carbonyl (C=O) groups excluding carboxylic acids is 1. The lowest BCUT2D eigenvalue weighted by Crippen LogP contribution is -2.19. The number of hydrogen-bond acceptors (Lipinski definition) is 5. The van der Waals surface area contributed by atoms with Gasteiger partial charge in [-0.1, -0.05) is 30.9 Å². The van der Waals surface area contributed by atoms with E-state index in [0.717, 1.165) is 5.56 Å². The molecular weight excluding hydrogens is 364 g/mol. The Hall–Kier alpha value is -3.32. The van der Waals surface area contributed by atoms with Crippen molar-refractivity contribution in [2.24, 2.45) is 4.99 Å². The van der Waals surface area contributed by atoms with Crippen molar-refractivity contribution in [2.45, 2.75) is 0 Å². The van der Waals surface area contributed by atoms with Gasteiger partial charge in [0.1, 0.15) is 12.4 Å². The van der Waals surface area contributed by atoms with E-state index in [-0.39, 0.29) is 11.5 Å². The Labute approximate surface area is 160 Å². The Morgan fingerprint density at radius 3 is 2.67 bits per heavy atom. The summed E-state index contributed by atoms with van der Waals surface area (Å²) in [6.45, 7) is 4.00. The highest BCUT2D eigenvalue weighted by Crippen LogP contribution is 2.30. The average molecular weight is 380 g/mol. The monoisotopic (exact) mass is 380 g/mol. The first-order valence-electron chi connectivity index (χ1n) is 8.02. The number of carboxylic acids is 1. The maximum Gasteiger partial charge on any atom is 0.335 e. The number of rotatable bonds is 6. The van der Waals surface area contributed by atoms with Crippen LogP contribution in [0, 0.1) is 0 Å². The summed E-state index contributed by atoms with van der Waals surface area (Å²) in [6.07, 6.45) is 3.40. The van der Waals surface area contributed by atoms with Crippen LogP contribution in [-0.2, 0) is 4.79 Å². The summed E-state index contributed by atoms with van der Waals surface area (Å²) < 4.78 is 5.60. The van der Waals surface area contributed by atoms with Crippen molar-refractivity contribution in [2.75, 3.05) is 6.61 Å². The number of carboxylic acid groups (broad SMARTS) is 1. The quantitative estimate of drug-likeness (QED) is 0.587. The van der Waals surface area contributed by atoms with Crippen LogP contribution in [0.2, 0.25) is 0 Å². The van der Waals surface area contributed by atoms with E-state index in [1.54, 1.807) is 24.3 Å². The molecule has 6 nitrogen and oxygen atoms in total. The van der Waals surface area contributed by atoms with E-state index < -0.39 is 5.97 Å². The van der Waals surface area contributed by atoms with Gasteiger partial charge in [0.2, 0.25) is 0 Å². The Bertz CT molecular complexity index is 949. The van der Waals surface area contributed by atoms with E-state index in [2.05, 4.69) is 16.9 Å². The first-order chi connectivity index (χ1) is 13.1. The number of benzene rings is 2. The van der Waals surface area contributed by atoms with E-state index in [4.69, 9.17) is 9.84 Å². The van der Waals surface area contributed by atoms with Crippen LogP contribution < -0.4 is 10.1 Å². The fourth-order valence-corrected chi connectivity index (χ4v) is 3.13. The number of thioether (sulfide) groups is 1. The molecule has 0 aromatic heterocycles. The molecule has 3 rings (SSSR count). The molecule has 1 aliphatic rings. The molecule has 1 aliphatic heterocycles. The molecular formula is C20H16N2O4S. The fourth-order valence-electron chi connectivity index (χ4n) is 2.30. The van der Waals surface area contributed by atoms with Crippen LogP contribution in [0.3, 0.4) is 0 Å². The van der Waals surface area contributed by atoms with Crippen molar-refractivity contribution in [1.82, 2.24) is 5.32 Å². The summed E-state index contributed by atoms with van der Waals surface area (Å²) >= 11 is 1.21. The van der Waals surface area contributed by atoms with E-state index in [9.17, 15) is 9.59 Å². The molecule has 0 aliphatic carbocycles. The van der Waals surface area contributed by atoms with Gasteiger partial charge in [-0.2, -0.15) is 0 Å². The first kappa shape index (κ1) is 18.5. The molecule has 1 saturated heterocycles. The molecule has 136 valence electrons. The predicted octanol–water partition coefficient (Wildman–Crippen LogP) is 3.84. The zero-order valence-electron chi connectivity index (χ0n) is 14.2. The largest absolute Gasteiger partial charge is 0.489 e. The van der Waals surface area contributed by atoms with Gasteiger partial charge in [0.25, 0.3) is 5.91 Å². The van der Waals surface area contributed by atoms with Crippen LogP contribution in [0.1, 0.15) is 15.9 Å². The topological polar surface area (TPSA) is 88.0 Å². The van der Waals surface area contributed by atoms with Crippen molar-refractivity contribution in [3.05, 3.63) is 77.2 Å². The van der Waals surface area contributed by atoms with Crippen LogP contribution in [0.15, 0.2) is 71.1 Å². The Balaban J connectivity index is 1.80. The first-order valence-corrected chi connectivity index (χ1v) is 8.84. The molecule has 2 N–H and O–H groups in total. The molecule has 2 aromatic rings. The molecule has 0 radical (unpaired) electrons. The number of hydrogen-bond donors (Lipinski definition) is 2. The van der Waals surface area contributed by atoms with E-state index in [1.165, 1.54) is 23.9 Å². The minimum absolute atomic E-state index is 0.179. The Kier molecular flexibility index (Phi) is 5.73. The third kappa shape index (κ3) is 4.65. The second-order valence-corrected chi connectivity index (χ2v) is 6.50. The average Bonchev–Trinajstić information content (AvgIpc) is 3.00. The fraction of sp³-hybridized carbons (Fsp3) is 0.0500. The molecule has 0 atom stereocenters. The highest BCUT2D eigenvalue weighted by molar-refractivity contribution is 8.18. The van der Waals surface area contributed by atoms with Gasteiger partial charge in [-0.3, -0.25) is 4.79 Å². The number of ether oxygens (including phenoxy) is 1. The standard InChI is InChI=1S/C20H16N2O4S/c1-2-11-26-16-6-4-3-5-14(16)12-17-18(23)22-20(27-17)21-15-9-7-13(8-10-15)19(24)25/h2-10,12H,1,11H2,(H,24,25)(H,21,22,23). The smallest absolute Gasteiger partial charge is 0.335 e. The minimum atomic E-state index is -1.000. The third-order valence-corrected chi connectivity index (χ3v) is 4.47. The lowest BCUT2D eigenvalue weighted by Gasteiger charge is -2.06. The maximum atomic E-state index is 12.2. The second-order valence-electron chi connectivity index (χ2n) is 5.47. The molecule has 0 unspecified atom stereocenters. The highest BCUT2D eigenvalue weighted by Gasteiger charge is 2.24. The molecule has 7 heteroatoms. The molecule has 27 heavy (non-hydrogen) atoms. The molecule has 0 spiro atoms. The molecule has 1 heterocycles. The number of nitrogens with zero attached hydrogens (tertiary/aromatic N) is 1. The Morgan fingerprint density at radius 2 is 1.96 bits per heavy atom. The van der Waals surface area contributed by atoms with Gasteiger partial charge in [-0.25, -0.2) is 9.79 Å². The van der Waals surface area contributed by atoms with E-state index in [0.29, 0.717) is 28.1 Å². The summed E-state index contributed by atoms with van der Waals surface area (Å²) in [7, 11) is 0. The van der Waals surface area contributed by atoms with Crippen LogP contribution in [-0.4, -0.2) is 28.8 Å². The number of amidine groups is 1. The Morgan fingerprint density at radius 1 is 1.22 bits per heavy atom. The normalized spacial score (nSPS) is 16.4. The second kappa shape index (κ2) is 8.37. The summed E-state index contributed by atoms with van der Waals surface area (Å²) in [4.78, 5) is 28.0. The SMILES string of the molecule is C=CCOc1ccccc1C=C1SC(=Nc2ccc(C(=O)O)cc2)NC1=O. The molecule has 2 aromatic carbocycles. The summed E-state index contributed by atoms with van der Waals surface area (Å²) in [5.41, 5.74) is 1.52. The van der Waals surface area contributed by atoms with Crippen molar-refractivity contribution >= 4 is 40.6 Å². The summed E-state index contributed by atoms with van der Waals surface area (Å²) in [5.74, 6) is -0.590. The number of nitrogens with one attached hydrogen (secondary N) is 1. The van der Waals surface area contributed by atoms with Gasteiger partial charge < -0.3 is 15.2 Å². The zero-order chi connectivity index (χ0) is 19.2. The molecule has 0 bridgehead atoms. The minimum Gasteiger partial charge on any atom is -0.489 e. The van der Waals surface area contributed by atoms with Gasteiger partial charge in [-0.05, 0) is 48.2 Å². The van der Waals surface area contributed by atoms with Crippen LogP contribution in [0.4, 0.5) is 5.69 Å². The zero-order valence-corrected chi connectivity index (χ0v) is 15.0. The lowest BCUT2D eigenvalue weighted by molar-refractivity contribution is -0.115.